The summed E-state index contributed by atoms with van der Waals surface area (Å²) in [5.74, 6) is 1.21. The lowest BCUT2D eigenvalue weighted by Gasteiger charge is -2.12. The average Bonchev–Trinajstić information content (AvgIpc) is 2.58. The van der Waals surface area contributed by atoms with Crippen molar-refractivity contribution in [1.82, 2.24) is 9.97 Å². The summed E-state index contributed by atoms with van der Waals surface area (Å²) in [6.07, 6.45) is 1.36. The highest BCUT2D eigenvalue weighted by atomic mass is 35.5. The molecule has 128 valence electrons. The van der Waals surface area contributed by atoms with Crippen LogP contribution in [0.4, 0.5) is 17.2 Å². The minimum atomic E-state index is 0.235. The number of anilines is 3. The number of aryl methyl sites for hydroxylation is 1. The topological polar surface area (TPSA) is 73.1 Å². The molecule has 0 aliphatic carbocycles. The van der Waals surface area contributed by atoms with Crippen molar-refractivity contribution in [3.8, 4) is 11.6 Å². The Morgan fingerprint density at radius 1 is 0.960 bits per heavy atom. The first-order chi connectivity index (χ1) is 11.9. The zero-order valence-electron chi connectivity index (χ0n) is 13.1. The van der Waals surface area contributed by atoms with E-state index in [-0.39, 0.29) is 11.6 Å². The molecule has 25 heavy (non-hydrogen) atoms. The molecule has 0 saturated carbocycles. The van der Waals surface area contributed by atoms with Gasteiger partial charge in [-0.3, -0.25) is 0 Å². The number of halogens is 3. The van der Waals surface area contributed by atoms with Crippen LogP contribution in [0, 0.1) is 6.92 Å². The molecular formula is C17H13Cl3N4O. The summed E-state index contributed by atoms with van der Waals surface area (Å²) in [5.41, 5.74) is 7.96. The molecule has 0 fully saturated rings. The zero-order chi connectivity index (χ0) is 18.0. The molecular weight excluding hydrogens is 383 g/mol. The van der Waals surface area contributed by atoms with Gasteiger partial charge in [0.1, 0.15) is 17.8 Å². The van der Waals surface area contributed by atoms with E-state index in [1.807, 2.05) is 6.92 Å². The molecule has 0 amide bonds. The number of rotatable bonds is 4. The van der Waals surface area contributed by atoms with Crippen molar-refractivity contribution in [2.24, 2.45) is 0 Å². The Labute approximate surface area is 159 Å². The van der Waals surface area contributed by atoms with Crippen molar-refractivity contribution in [2.75, 3.05) is 11.1 Å². The second-order valence-electron chi connectivity index (χ2n) is 5.21. The van der Waals surface area contributed by atoms with Gasteiger partial charge in [0.15, 0.2) is 5.82 Å². The third-order valence-corrected chi connectivity index (χ3v) is 4.54. The lowest BCUT2D eigenvalue weighted by atomic mass is 10.2. The maximum Gasteiger partial charge on any atom is 0.248 e. The van der Waals surface area contributed by atoms with Crippen LogP contribution in [-0.2, 0) is 0 Å². The van der Waals surface area contributed by atoms with Crippen molar-refractivity contribution >= 4 is 52.0 Å². The Balaban J connectivity index is 1.86. The fourth-order valence-corrected chi connectivity index (χ4v) is 2.48. The van der Waals surface area contributed by atoms with E-state index in [1.54, 1.807) is 36.4 Å². The minimum absolute atomic E-state index is 0.235. The van der Waals surface area contributed by atoms with E-state index in [1.165, 1.54) is 6.33 Å². The number of nitrogen functional groups attached to an aromatic ring is 1. The van der Waals surface area contributed by atoms with Crippen LogP contribution in [-0.4, -0.2) is 9.97 Å². The highest BCUT2D eigenvalue weighted by molar-refractivity contribution is 6.42. The fourth-order valence-electron chi connectivity index (χ4n) is 2.06. The Morgan fingerprint density at radius 2 is 1.72 bits per heavy atom. The number of hydrogen-bond acceptors (Lipinski definition) is 5. The normalized spacial score (nSPS) is 10.6. The van der Waals surface area contributed by atoms with Crippen LogP contribution < -0.4 is 15.8 Å². The first-order valence-corrected chi connectivity index (χ1v) is 8.34. The van der Waals surface area contributed by atoms with Gasteiger partial charge in [0.05, 0.1) is 10.0 Å². The molecule has 0 radical (unpaired) electrons. The van der Waals surface area contributed by atoms with Crippen LogP contribution in [0.1, 0.15) is 5.56 Å². The molecule has 3 rings (SSSR count). The van der Waals surface area contributed by atoms with Gasteiger partial charge in [0.25, 0.3) is 0 Å². The number of ether oxygens (including phenoxy) is 1. The molecule has 2 aromatic carbocycles. The predicted octanol–water partition coefficient (Wildman–Crippen LogP) is 5.86. The summed E-state index contributed by atoms with van der Waals surface area (Å²) < 4.78 is 5.74. The third-order valence-electron chi connectivity index (χ3n) is 3.37. The molecule has 0 spiro atoms. The number of nitrogens with zero attached hydrogens (tertiary/aromatic N) is 2. The summed E-state index contributed by atoms with van der Waals surface area (Å²) >= 11 is 17.9. The molecule has 5 nitrogen and oxygen atoms in total. The number of aromatic nitrogens is 2. The highest BCUT2D eigenvalue weighted by Gasteiger charge is 2.12. The van der Waals surface area contributed by atoms with Gasteiger partial charge in [0, 0.05) is 10.7 Å². The van der Waals surface area contributed by atoms with Gasteiger partial charge in [-0.05, 0) is 48.9 Å². The van der Waals surface area contributed by atoms with E-state index in [2.05, 4.69) is 15.3 Å². The number of nitrogens with two attached hydrogens (primary N) is 1. The molecule has 0 unspecified atom stereocenters. The standard InChI is InChI=1S/C17H13Cl3N4O/c1-9-6-11(3-5-12(9)18)25-17-15(21)16(22-8-23-17)24-10-2-4-13(19)14(20)7-10/h2-8H,21H2,1H3,(H,22,23,24). The Hall–Kier alpha value is -2.21. The zero-order valence-corrected chi connectivity index (χ0v) is 15.3. The van der Waals surface area contributed by atoms with E-state index in [0.717, 1.165) is 5.56 Å². The minimum Gasteiger partial charge on any atom is -0.437 e. The van der Waals surface area contributed by atoms with Gasteiger partial charge >= 0.3 is 0 Å². The predicted molar refractivity (Wildman–Crippen MR) is 102 cm³/mol. The van der Waals surface area contributed by atoms with Gasteiger partial charge in [-0.1, -0.05) is 34.8 Å². The number of nitrogens with one attached hydrogen (secondary N) is 1. The summed E-state index contributed by atoms with van der Waals surface area (Å²) in [5, 5.41) is 4.61. The summed E-state index contributed by atoms with van der Waals surface area (Å²) in [6.45, 7) is 1.88. The highest BCUT2D eigenvalue weighted by Crippen LogP contribution is 2.33. The summed E-state index contributed by atoms with van der Waals surface area (Å²) in [7, 11) is 0. The van der Waals surface area contributed by atoms with Crippen molar-refractivity contribution in [2.45, 2.75) is 6.92 Å². The lowest BCUT2D eigenvalue weighted by Crippen LogP contribution is -2.03. The molecule has 0 saturated heterocycles. The Morgan fingerprint density at radius 3 is 2.44 bits per heavy atom. The van der Waals surface area contributed by atoms with E-state index in [9.17, 15) is 0 Å². The van der Waals surface area contributed by atoms with Crippen LogP contribution in [0.25, 0.3) is 0 Å². The molecule has 3 aromatic rings. The van der Waals surface area contributed by atoms with Crippen LogP contribution in [0.5, 0.6) is 11.6 Å². The van der Waals surface area contributed by atoms with Gasteiger partial charge in [0.2, 0.25) is 5.88 Å². The summed E-state index contributed by atoms with van der Waals surface area (Å²) in [4.78, 5) is 8.22. The van der Waals surface area contributed by atoms with Crippen LogP contribution >= 0.6 is 34.8 Å². The quantitative estimate of drug-likeness (QED) is 0.578. The largest absolute Gasteiger partial charge is 0.437 e. The van der Waals surface area contributed by atoms with Gasteiger partial charge in [-0.25, -0.2) is 4.98 Å². The SMILES string of the molecule is Cc1cc(Oc2ncnc(Nc3ccc(Cl)c(Cl)c3)c2N)ccc1Cl. The molecule has 0 bridgehead atoms. The van der Waals surface area contributed by atoms with E-state index < -0.39 is 0 Å². The smallest absolute Gasteiger partial charge is 0.248 e. The number of benzene rings is 2. The monoisotopic (exact) mass is 394 g/mol. The van der Waals surface area contributed by atoms with Crippen molar-refractivity contribution in [3.63, 3.8) is 0 Å². The first-order valence-electron chi connectivity index (χ1n) is 7.20. The van der Waals surface area contributed by atoms with Crippen molar-refractivity contribution in [1.29, 1.82) is 0 Å². The molecule has 1 aromatic heterocycles. The van der Waals surface area contributed by atoms with E-state index in [0.29, 0.717) is 32.3 Å². The van der Waals surface area contributed by atoms with Gasteiger partial charge in [-0.2, -0.15) is 4.98 Å². The maximum atomic E-state index is 6.12. The third kappa shape index (κ3) is 4.07. The first kappa shape index (κ1) is 17.6. The van der Waals surface area contributed by atoms with Crippen LogP contribution in [0.15, 0.2) is 42.7 Å². The van der Waals surface area contributed by atoms with E-state index >= 15 is 0 Å². The molecule has 1 heterocycles. The van der Waals surface area contributed by atoms with Crippen molar-refractivity contribution < 1.29 is 4.74 Å². The van der Waals surface area contributed by atoms with Gasteiger partial charge < -0.3 is 15.8 Å². The fraction of sp³-hybridized carbons (Fsp3) is 0.0588. The molecule has 0 aliphatic rings. The average molecular weight is 396 g/mol. The van der Waals surface area contributed by atoms with E-state index in [4.69, 9.17) is 45.3 Å². The second kappa shape index (κ2) is 7.35. The molecule has 8 heteroatoms. The second-order valence-corrected chi connectivity index (χ2v) is 6.43. The Bertz CT molecular complexity index is 862. The van der Waals surface area contributed by atoms with Crippen molar-refractivity contribution in [3.05, 3.63) is 63.4 Å². The molecule has 0 atom stereocenters. The van der Waals surface area contributed by atoms with Gasteiger partial charge in [-0.15, -0.1) is 0 Å². The maximum absolute atomic E-state index is 6.12. The Kier molecular flexibility index (Phi) is 5.18. The lowest BCUT2D eigenvalue weighted by molar-refractivity contribution is 0.464. The summed E-state index contributed by atoms with van der Waals surface area (Å²) in [6, 6.07) is 10.4. The molecule has 0 aliphatic heterocycles. The van der Waals surface area contributed by atoms with Crippen LogP contribution in [0.3, 0.4) is 0 Å². The number of hydrogen-bond donors (Lipinski definition) is 2. The van der Waals surface area contributed by atoms with Crippen LogP contribution in [0.2, 0.25) is 15.1 Å². The molecule has 3 N–H and O–H groups in total.